The van der Waals surface area contributed by atoms with Crippen LogP contribution in [0.25, 0.3) is 0 Å². The van der Waals surface area contributed by atoms with E-state index in [1.165, 1.54) is 0 Å². The summed E-state index contributed by atoms with van der Waals surface area (Å²) in [6.07, 6.45) is 0.204. The van der Waals surface area contributed by atoms with Gasteiger partial charge in [0.25, 0.3) is 0 Å². The highest BCUT2D eigenvalue weighted by Gasteiger charge is 2.60. The molecule has 1 rings (SSSR count). The van der Waals surface area contributed by atoms with Crippen LogP contribution in [0.5, 0.6) is 0 Å². The zero-order valence-corrected chi connectivity index (χ0v) is 13.5. The fraction of sp³-hybridized carbons (Fsp3) is 1.00. The lowest BCUT2D eigenvalue weighted by Gasteiger charge is -2.56. The van der Waals surface area contributed by atoms with Crippen molar-refractivity contribution in [3.63, 3.8) is 0 Å². The van der Waals surface area contributed by atoms with E-state index in [1.54, 1.807) is 19.1 Å². The molecule has 0 radical (unpaired) electrons. The monoisotopic (exact) mass is 295 g/mol. The average Bonchev–Trinajstić information content (AvgIpc) is 2.12. The van der Waals surface area contributed by atoms with E-state index in [1.807, 2.05) is 27.7 Å². The topological polar surface area (TPSA) is 79.2 Å². The lowest BCUT2D eigenvalue weighted by atomic mass is 9.80. The quantitative estimate of drug-likeness (QED) is 0.773. The molecule has 1 unspecified atom stereocenters. The van der Waals surface area contributed by atoms with Crippen LogP contribution in [0.2, 0.25) is 0 Å². The van der Waals surface area contributed by atoms with E-state index in [0.29, 0.717) is 0 Å². The second-order valence-electron chi connectivity index (χ2n) is 6.38. The summed E-state index contributed by atoms with van der Waals surface area (Å²) in [6, 6.07) is 0. The van der Waals surface area contributed by atoms with E-state index < -0.39 is 24.0 Å². The standard InChI is InChI=1S/C12H26NO5P/c1-7-18-19(15,16)12(14)8-10(2,3)13(17-6)11(4,5)9-12/h14H,7-9H2,1-6H3,(H,15,16). The van der Waals surface area contributed by atoms with E-state index in [0.717, 1.165) is 0 Å². The largest absolute Gasteiger partial charge is 0.377 e. The number of hydrogen-bond donors (Lipinski definition) is 2. The molecule has 0 saturated carbocycles. The summed E-state index contributed by atoms with van der Waals surface area (Å²) in [6.45, 7) is 9.20. The molecule has 1 saturated heterocycles. The number of aliphatic hydroxyl groups is 1. The second kappa shape index (κ2) is 5.10. The van der Waals surface area contributed by atoms with Gasteiger partial charge in [0.15, 0.2) is 5.34 Å². The van der Waals surface area contributed by atoms with Gasteiger partial charge < -0.3 is 19.4 Å². The Morgan fingerprint density at radius 3 is 1.95 bits per heavy atom. The van der Waals surface area contributed by atoms with Crippen LogP contribution in [0.15, 0.2) is 0 Å². The minimum atomic E-state index is -4.10. The lowest BCUT2D eigenvalue weighted by Crippen LogP contribution is -2.64. The molecular weight excluding hydrogens is 269 g/mol. The summed E-state index contributed by atoms with van der Waals surface area (Å²) >= 11 is 0. The Hall–Kier alpha value is 0.0300. The van der Waals surface area contributed by atoms with E-state index in [-0.39, 0.29) is 19.4 Å². The van der Waals surface area contributed by atoms with Gasteiger partial charge >= 0.3 is 7.60 Å². The molecule has 2 N–H and O–H groups in total. The SMILES string of the molecule is CCOP(=O)(O)C1(O)CC(C)(C)N(OC)C(C)(C)C1. The van der Waals surface area contributed by atoms with Gasteiger partial charge in [0.2, 0.25) is 0 Å². The molecule has 1 aliphatic rings. The molecule has 1 heterocycles. The van der Waals surface area contributed by atoms with Crippen molar-refractivity contribution in [1.29, 1.82) is 0 Å². The minimum absolute atomic E-state index is 0.0882. The molecule has 1 aliphatic heterocycles. The van der Waals surface area contributed by atoms with Crippen molar-refractivity contribution in [2.24, 2.45) is 0 Å². The van der Waals surface area contributed by atoms with Crippen molar-refractivity contribution >= 4 is 7.60 Å². The summed E-state index contributed by atoms with van der Waals surface area (Å²) in [4.78, 5) is 15.4. The maximum atomic E-state index is 12.3. The van der Waals surface area contributed by atoms with Crippen LogP contribution in [0.4, 0.5) is 0 Å². The third-order valence-corrected chi connectivity index (χ3v) is 5.52. The molecule has 1 atom stereocenters. The Kier molecular flexibility index (Phi) is 4.58. The first-order valence-corrected chi connectivity index (χ1v) is 8.04. The van der Waals surface area contributed by atoms with Crippen LogP contribution in [-0.4, -0.2) is 45.2 Å². The molecular formula is C12H26NO5P. The number of nitrogens with zero attached hydrogens (tertiary/aromatic N) is 1. The van der Waals surface area contributed by atoms with Crippen LogP contribution in [0.1, 0.15) is 47.5 Å². The Labute approximate surface area is 115 Å². The van der Waals surface area contributed by atoms with Gasteiger partial charge in [0.1, 0.15) is 0 Å². The summed E-state index contributed by atoms with van der Waals surface area (Å²) in [5.41, 5.74) is -1.17. The molecule has 114 valence electrons. The van der Waals surface area contributed by atoms with Crippen LogP contribution in [-0.2, 0) is 13.9 Å². The Morgan fingerprint density at radius 2 is 1.63 bits per heavy atom. The van der Waals surface area contributed by atoms with Crippen LogP contribution in [0.3, 0.4) is 0 Å². The van der Waals surface area contributed by atoms with Gasteiger partial charge in [0, 0.05) is 23.9 Å². The molecule has 0 aromatic heterocycles. The Bertz CT molecular complexity index is 364. The summed E-state index contributed by atoms with van der Waals surface area (Å²) in [5.74, 6) is 0. The number of hydrogen-bond acceptors (Lipinski definition) is 5. The van der Waals surface area contributed by atoms with E-state index >= 15 is 0 Å². The van der Waals surface area contributed by atoms with Crippen molar-refractivity contribution in [3.8, 4) is 0 Å². The maximum Gasteiger partial charge on any atom is 0.359 e. The highest BCUT2D eigenvalue weighted by atomic mass is 31.2. The second-order valence-corrected chi connectivity index (χ2v) is 8.51. The predicted molar refractivity (Wildman–Crippen MR) is 72.6 cm³/mol. The van der Waals surface area contributed by atoms with E-state index in [2.05, 4.69) is 0 Å². The maximum absolute atomic E-state index is 12.3. The third kappa shape index (κ3) is 3.04. The number of piperidine rings is 1. The predicted octanol–water partition coefficient (Wildman–Crippen LogP) is 2.11. The van der Waals surface area contributed by atoms with Crippen molar-refractivity contribution in [1.82, 2.24) is 5.06 Å². The molecule has 0 bridgehead atoms. The van der Waals surface area contributed by atoms with E-state index in [9.17, 15) is 14.6 Å². The first-order chi connectivity index (χ1) is 8.42. The first-order valence-electron chi connectivity index (χ1n) is 6.46. The molecule has 6 nitrogen and oxygen atoms in total. The van der Waals surface area contributed by atoms with Crippen molar-refractivity contribution in [2.45, 2.75) is 63.9 Å². The summed E-state index contributed by atoms with van der Waals surface area (Å²) in [5, 5.41) is 10.7. The van der Waals surface area contributed by atoms with Gasteiger partial charge in [-0.3, -0.25) is 4.57 Å². The van der Waals surface area contributed by atoms with Crippen LogP contribution >= 0.6 is 7.60 Å². The molecule has 0 spiro atoms. The van der Waals surface area contributed by atoms with Gasteiger partial charge in [-0.15, -0.1) is 0 Å². The van der Waals surface area contributed by atoms with Crippen molar-refractivity contribution < 1.29 is 23.9 Å². The van der Waals surface area contributed by atoms with Gasteiger partial charge in [-0.2, -0.15) is 5.06 Å². The normalized spacial score (nSPS) is 28.8. The fourth-order valence-electron chi connectivity index (χ4n) is 3.40. The Morgan fingerprint density at radius 1 is 1.21 bits per heavy atom. The molecule has 7 heteroatoms. The van der Waals surface area contributed by atoms with Gasteiger partial charge in [-0.25, -0.2) is 0 Å². The Balaban J connectivity index is 3.18. The van der Waals surface area contributed by atoms with Crippen molar-refractivity contribution in [3.05, 3.63) is 0 Å². The molecule has 19 heavy (non-hydrogen) atoms. The zero-order chi connectivity index (χ0) is 15.1. The molecule has 1 fully saturated rings. The van der Waals surface area contributed by atoms with Gasteiger partial charge in [-0.1, -0.05) is 0 Å². The van der Waals surface area contributed by atoms with E-state index in [4.69, 9.17) is 9.36 Å². The summed E-state index contributed by atoms with van der Waals surface area (Å²) in [7, 11) is -2.54. The fourth-order valence-corrected chi connectivity index (χ4v) is 5.16. The van der Waals surface area contributed by atoms with Crippen LogP contribution in [0, 0.1) is 0 Å². The molecule has 0 aliphatic carbocycles. The molecule has 0 aromatic carbocycles. The molecule has 0 amide bonds. The highest BCUT2D eigenvalue weighted by molar-refractivity contribution is 7.54. The first kappa shape index (κ1) is 17.1. The minimum Gasteiger partial charge on any atom is -0.377 e. The number of rotatable bonds is 4. The smallest absolute Gasteiger partial charge is 0.359 e. The molecule has 0 aromatic rings. The van der Waals surface area contributed by atoms with Crippen LogP contribution < -0.4 is 0 Å². The highest BCUT2D eigenvalue weighted by Crippen LogP contribution is 2.63. The van der Waals surface area contributed by atoms with Gasteiger partial charge in [0.05, 0.1) is 13.7 Å². The lowest BCUT2D eigenvalue weighted by molar-refractivity contribution is -0.283. The zero-order valence-electron chi connectivity index (χ0n) is 12.6. The average molecular weight is 295 g/mol. The summed E-state index contributed by atoms with van der Waals surface area (Å²) < 4.78 is 17.2. The number of hydroxylamine groups is 2. The third-order valence-electron chi connectivity index (χ3n) is 3.54. The van der Waals surface area contributed by atoms with Gasteiger partial charge in [-0.05, 0) is 34.6 Å². The van der Waals surface area contributed by atoms with Crippen molar-refractivity contribution in [2.75, 3.05) is 13.7 Å².